The van der Waals surface area contributed by atoms with E-state index in [4.69, 9.17) is 9.47 Å². The van der Waals surface area contributed by atoms with Gasteiger partial charge in [0.1, 0.15) is 5.01 Å². The Morgan fingerprint density at radius 1 is 1.24 bits per heavy atom. The van der Waals surface area contributed by atoms with Crippen LogP contribution >= 0.6 is 27.3 Å². The fourth-order valence-electron chi connectivity index (χ4n) is 1.84. The van der Waals surface area contributed by atoms with Crippen LogP contribution in [0, 0.1) is 0 Å². The molecule has 0 fully saturated rings. The second kappa shape index (κ2) is 7.24. The zero-order valence-electron chi connectivity index (χ0n) is 12.6. The van der Waals surface area contributed by atoms with E-state index in [1.807, 2.05) is 12.1 Å². The Bertz CT molecular complexity index is 614. The molecule has 0 bridgehead atoms. The number of rotatable bonds is 6. The van der Waals surface area contributed by atoms with Gasteiger partial charge in [-0.2, -0.15) is 0 Å². The predicted octanol–water partition coefficient (Wildman–Crippen LogP) is 4.09. The lowest BCUT2D eigenvalue weighted by Gasteiger charge is -2.10. The van der Waals surface area contributed by atoms with E-state index >= 15 is 0 Å². The summed E-state index contributed by atoms with van der Waals surface area (Å²) in [6, 6.07) is 4.30. The molecule has 114 valence electrons. The van der Waals surface area contributed by atoms with Crippen molar-refractivity contribution in [2.24, 2.45) is 0 Å². The van der Waals surface area contributed by atoms with E-state index < -0.39 is 0 Å². The third kappa shape index (κ3) is 3.96. The smallest absolute Gasteiger partial charge is 0.161 e. The van der Waals surface area contributed by atoms with Crippen molar-refractivity contribution < 1.29 is 9.47 Å². The van der Waals surface area contributed by atoms with Gasteiger partial charge in [0.15, 0.2) is 11.5 Å². The first-order chi connectivity index (χ1) is 10.0. The lowest BCUT2D eigenvalue weighted by Crippen LogP contribution is -2.21. The molecule has 1 heterocycles. The standard InChI is InChI=1S/C15H19BrN2O2S/c1-9(2)17-7-10-8-21-15(18-10)11-5-13(19-3)14(20-4)6-12(11)16/h5-6,8-9,17H,7H2,1-4H3. The van der Waals surface area contributed by atoms with Crippen LogP contribution in [0.1, 0.15) is 19.5 Å². The molecule has 6 heteroatoms. The lowest BCUT2D eigenvalue weighted by molar-refractivity contribution is 0.355. The summed E-state index contributed by atoms with van der Waals surface area (Å²) in [5.74, 6) is 1.40. The summed E-state index contributed by atoms with van der Waals surface area (Å²) < 4.78 is 11.6. The second-order valence-electron chi connectivity index (χ2n) is 4.87. The molecule has 0 radical (unpaired) electrons. The fourth-order valence-corrected chi connectivity index (χ4v) is 3.33. The molecule has 0 amide bonds. The number of halogens is 1. The minimum absolute atomic E-state index is 0.447. The molecule has 0 saturated carbocycles. The number of benzene rings is 1. The summed E-state index contributed by atoms with van der Waals surface area (Å²) in [6.07, 6.45) is 0. The minimum Gasteiger partial charge on any atom is -0.493 e. The number of hydrogen-bond acceptors (Lipinski definition) is 5. The Morgan fingerprint density at radius 3 is 2.52 bits per heavy atom. The van der Waals surface area contributed by atoms with Crippen molar-refractivity contribution in [1.29, 1.82) is 0 Å². The van der Waals surface area contributed by atoms with Crippen LogP contribution in [0.4, 0.5) is 0 Å². The zero-order chi connectivity index (χ0) is 15.4. The predicted molar refractivity (Wildman–Crippen MR) is 90.3 cm³/mol. The van der Waals surface area contributed by atoms with Crippen LogP contribution in [0.15, 0.2) is 22.0 Å². The Balaban J connectivity index is 2.29. The van der Waals surface area contributed by atoms with Gasteiger partial charge < -0.3 is 14.8 Å². The highest BCUT2D eigenvalue weighted by atomic mass is 79.9. The van der Waals surface area contributed by atoms with Crippen molar-refractivity contribution in [2.45, 2.75) is 26.4 Å². The van der Waals surface area contributed by atoms with Gasteiger partial charge in [-0.15, -0.1) is 11.3 Å². The molecule has 0 atom stereocenters. The molecule has 4 nitrogen and oxygen atoms in total. The third-order valence-corrected chi connectivity index (χ3v) is 4.53. The number of ether oxygens (including phenoxy) is 2. The van der Waals surface area contributed by atoms with Crippen molar-refractivity contribution >= 4 is 27.3 Å². The first-order valence-corrected chi connectivity index (χ1v) is 8.32. The van der Waals surface area contributed by atoms with Crippen molar-refractivity contribution in [3.63, 3.8) is 0 Å². The van der Waals surface area contributed by atoms with Crippen LogP contribution in [-0.2, 0) is 6.54 Å². The maximum atomic E-state index is 5.36. The lowest BCUT2D eigenvalue weighted by atomic mass is 10.2. The fraction of sp³-hybridized carbons (Fsp3) is 0.400. The van der Waals surface area contributed by atoms with Crippen LogP contribution < -0.4 is 14.8 Å². The van der Waals surface area contributed by atoms with Crippen molar-refractivity contribution in [3.8, 4) is 22.1 Å². The van der Waals surface area contributed by atoms with Gasteiger partial charge in [0.05, 0.1) is 19.9 Å². The van der Waals surface area contributed by atoms with E-state index in [0.29, 0.717) is 17.5 Å². The highest BCUT2D eigenvalue weighted by Crippen LogP contribution is 2.39. The van der Waals surface area contributed by atoms with E-state index in [2.05, 4.69) is 45.5 Å². The Labute approximate surface area is 137 Å². The average molecular weight is 371 g/mol. The van der Waals surface area contributed by atoms with Gasteiger partial charge in [-0.05, 0) is 28.1 Å². The molecule has 0 spiro atoms. The first-order valence-electron chi connectivity index (χ1n) is 6.64. The van der Waals surface area contributed by atoms with Crippen molar-refractivity contribution in [2.75, 3.05) is 14.2 Å². The Kier molecular flexibility index (Phi) is 5.61. The first kappa shape index (κ1) is 16.3. The quantitative estimate of drug-likeness (QED) is 0.831. The molecule has 2 aromatic rings. The highest BCUT2D eigenvalue weighted by molar-refractivity contribution is 9.10. The molecule has 1 aromatic carbocycles. The molecule has 0 unspecified atom stereocenters. The third-order valence-electron chi connectivity index (χ3n) is 2.95. The number of hydrogen-bond donors (Lipinski definition) is 1. The van der Waals surface area contributed by atoms with Gasteiger partial charge in [-0.1, -0.05) is 13.8 Å². The van der Waals surface area contributed by atoms with E-state index in [0.717, 1.165) is 27.3 Å². The summed E-state index contributed by atoms with van der Waals surface area (Å²) in [6.45, 7) is 5.02. The number of aromatic nitrogens is 1. The number of nitrogens with one attached hydrogen (secondary N) is 1. The van der Waals surface area contributed by atoms with E-state index in [9.17, 15) is 0 Å². The van der Waals surface area contributed by atoms with Crippen LogP contribution in [0.25, 0.3) is 10.6 Å². The molecule has 1 aromatic heterocycles. The van der Waals surface area contributed by atoms with Crippen LogP contribution in [0.2, 0.25) is 0 Å². The van der Waals surface area contributed by atoms with Crippen molar-refractivity contribution in [1.82, 2.24) is 10.3 Å². The van der Waals surface area contributed by atoms with E-state index in [-0.39, 0.29) is 0 Å². The van der Waals surface area contributed by atoms with Gasteiger partial charge in [0, 0.05) is 28.0 Å². The number of methoxy groups -OCH3 is 2. The van der Waals surface area contributed by atoms with E-state index in [1.165, 1.54) is 0 Å². The number of nitrogens with zero attached hydrogens (tertiary/aromatic N) is 1. The van der Waals surface area contributed by atoms with Crippen LogP contribution in [-0.4, -0.2) is 25.2 Å². The zero-order valence-corrected chi connectivity index (χ0v) is 15.0. The molecule has 0 aliphatic rings. The van der Waals surface area contributed by atoms with Gasteiger partial charge in [-0.3, -0.25) is 0 Å². The maximum absolute atomic E-state index is 5.36. The molecule has 21 heavy (non-hydrogen) atoms. The summed E-state index contributed by atoms with van der Waals surface area (Å²) in [7, 11) is 3.26. The van der Waals surface area contributed by atoms with Crippen molar-refractivity contribution in [3.05, 3.63) is 27.7 Å². The molecular formula is C15H19BrN2O2S. The Morgan fingerprint density at radius 2 is 1.90 bits per heavy atom. The van der Waals surface area contributed by atoms with Crippen LogP contribution in [0.5, 0.6) is 11.5 Å². The highest BCUT2D eigenvalue weighted by Gasteiger charge is 2.14. The SMILES string of the molecule is COc1cc(Br)c(-c2nc(CNC(C)C)cs2)cc1OC. The second-order valence-corrected chi connectivity index (χ2v) is 6.58. The van der Waals surface area contributed by atoms with Gasteiger partial charge in [0.2, 0.25) is 0 Å². The molecule has 0 saturated heterocycles. The molecule has 1 N–H and O–H groups in total. The van der Waals surface area contributed by atoms with Gasteiger partial charge in [-0.25, -0.2) is 4.98 Å². The molecule has 0 aliphatic heterocycles. The molecule has 0 aliphatic carbocycles. The summed E-state index contributed by atoms with van der Waals surface area (Å²) in [5.41, 5.74) is 2.05. The van der Waals surface area contributed by atoms with Crippen LogP contribution in [0.3, 0.4) is 0 Å². The van der Waals surface area contributed by atoms with Gasteiger partial charge >= 0.3 is 0 Å². The largest absolute Gasteiger partial charge is 0.493 e. The topological polar surface area (TPSA) is 43.4 Å². The minimum atomic E-state index is 0.447. The van der Waals surface area contributed by atoms with Gasteiger partial charge in [0.25, 0.3) is 0 Å². The monoisotopic (exact) mass is 370 g/mol. The number of thiazole rings is 1. The summed E-state index contributed by atoms with van der Waals surface area (Å²) in [5, 5.41) is 6.41. The molecular weight excluding hydrogens is 352 g/mol. The normalized spacial score (nSPS) is 11.0. The Hall–Kier alpha value is -1.11. The average Bonchev–Trinajstić information content (AvgIpc) is 2.93. The van der Waals surface area contributed by atoms with E-state index in [1.54, 1.807) is 25.6 Å². The summed E-state index contributed by atoms with van der Waals surface area (Å²) >= 11 is 5.20. The maximum Gasteiger partial charge on any atom is 0.161 e. The molecule has 2 rings (SSSR count). The summed E-state index contributed by atoms with van der Waals surface area (Å²) in [4.78, 5) is 4.67.